The highest BCUT2D eigenvalue weighted by Gasteiger charge is 2.21. The van der Waals surface area contributed by atoms with Gasteiger partial charge < -0.3 is 10.1 Å². The molecule has 0 unspecified atom stereocenters. The molecule has 1 N–H and O–H groups in total. The van der Waals surface area contributed by atoms with Crippen LogP contribution in [0.3, 0.4) is 0 Å². The lowest BCUT2D eigenvalue weighted by Gasteiger charge is -2.13. The van der Waals surface area contributed by atoms with Crippen molar-refractivity contribution in [1.29, 1.82) is 0 Å². The predicted molar refractivity (Wildman–Crippen MR) is 75.9 cm³/mol. The smallest absolute Gasteiger partial charge is 0.165 e. The Hall–Kier alpha value is -1.09. The van der Waals surface area contributed by atoms with Crippen molar-refractivity contribution in [3.8, 4) is 5.75 Å². The van der Waals surface area contributed by atoms with Crippen molar-refractivity contribution in [2.45, 2.75) is 58.0 Å². The Labute approximate surface area is 115 Å². The zero-order valence-corrected chi connectivity index (χ0v) is 11.8. The van der Waals surface area contributed by atoms with Gasteiger partial charge in [0.1, 0.15) is 0 Å². The Balaban J connectivity index is 1.84. The van der Waals surface area contributed by atoms with Crippen LogP contribution in [-0.2, 0) is 6.54 Å². The molecule has 0 bridgehead atoms. The SMILES string of the molecule is CCCCCCOc1c(F)cccc1CNC1CC1. The van der Waals surface area contributed by atoms with E-state index in [2.05, 4.69) is 12.2 Å². The average Bonchev–Trinajstić information content (AvgIpc) is 3.22. The third-order valence-electron chi connectivity index (χ3n) is 3.45. The molecule has 2 nitrogen and oxygen atoms in total. The van der Waals surface area contributed by atoms with Crippen molar-refractivity contribution < 1.29 is 9.13 Å². The standard InChI is InChI=1S/C16H24FNO/c1-2-3-4-5-11-19-16-13(7-6-8-15(16)17)12-18-14-9-10-14/h6-8,14,18H,2-5,9-12H2,1H3. The maximum absolute atomic E-state index is 13.8. The molecule has 0 aliphatic heterocycles. The number of hydrogen-bond donors (Lipinski definition) is 1. The summed E-state index contributed by atoms with van der Waals surface area (Å²) in [7, 11) is 0. The van der Waals surface area contributed by atoms with Crippen LogP contribution in [0.4, 0.5) is 4.39 Å². The summed E-state index contributed by atoms with van der Waals surface area (Å²) in [6.07, 6.45) is 7.05. The van der Waals surface area contributed by atoms with E-state index < -0.39 is 0 Å². The number of unbranched alkanes of at least 4 members (excludes halogenated alkanes) is 3. The summed E-state index contributed by atoms with van der Waals surface area (Å²) in [4.78, 5) is 0. The van der Waals surface area contributed by atoms with E-state index >= 15 is 0 Å². The van der Waals surface area contributed by atoms with Crippen molar-refractivity contribution in [2.75, 3.05) is 6.61 Å². The molecule has 1 aliphatic rings. The van der Waals surface area contributed by atoms with Crippen molar-refractivity contribution in [3.63, 3.8) is 0 Å². The molecule has 0 aromatic heterocycles. The van der Waals surface area contributed by atoms with E-state index in [0.29, 0.717) is 24.9 Å². The van der Waals surface area contributed by atoms with E-state index in [0.717, 1.165) is 18.4 Å². The van der Waals surface area contributed by atoms with E-state index in [9.17, 15) is 4.39 Å². The summed E-state index contributed by atoms with van der Waals surface area (Å²) in [5, 5.41) is 3.40. The first-order valence-electron chi connectivity index (χ1n) is 7.45. The first-order valence-corrected chi connectivity index (χ1v) is 7.45. The van der Waals surface area contributed by atoms with Gasteiger partial charge in [-0.3, -0.25) is 0 Å². The molecule has 0 amide bonds. The molecule has 0 saturated heterocycles. The third kappa shape index (κ3) is 4.83. The van der Waals surface area contributed by atoms with E-state index in [1.54, 1.807) is 6.07 Å². The van der Waals surface area contributed by atoms with Crippen LogP contribution in [0.5, 0.6) is 5.75 Å². The molecule has 19 heavy (non-hydrogen) atoms. The number of rotatable bonds is 9. The van der Waals surface area contributed by atoms with Crippen LogP contribution >= 0.6 is 0 Å². The normalized spacial score (nSPS) is 14.6. The van der Waals surface area contributed by atoms with Gasteiger partial charge in [0.25, 0.3) is 0 Å². The van der Waals surface area contributed by atoms with Gasteiger partial charge in [-0.25, -0.2) is 4.39 Å². The molecule has 1 aliphatic carbocycles. The Kier molecular flexibility index (Phi) is 5.64. The molecule has 1 fully saturated rings. The molecular weight excluding hydrogens is 241 g/mol. The summed E-state index contributed by atoms with van der Waals surface area (Å²) >= 11 is 0. The number of hydrogen-bond acceptors (Lipinski definition) is 2. The highest BCUT2D eigenvalue weighted by molar-refractivity contribution is 5.35. The fourth-order valence-electron chi connectivity index (χ4n) is 2.10. The third-order valence-corrected chi connectivity index (χ3v) is 3.45. The largest absolute Gasteiger partial charge is 0.490 e. The Morgan fingerprint density at radius 3 is 2.84 bits per heavy atom. The molecule has 0 spiro atoms. The maximum Gasteiger partial charge on any atom is 0.165 e. The van der Waals surface area contributed by atoms with Gasteiger partial charge in [0, 0.05) is 18.2 Å². The van der Waals surface area contributed by atoms with Gasteiger partial charge >= 0.3 is 0 Å². The molecule has 0 heterocycles. The maximum atomic E-state index is 13.8. The van der Waals surface area contributed by atoms with Gasteiger partial charge in [-0.15, -0.1) is 0 Å². The van der Waals surface area contributed by atoms with E-state index in [4.69, 9.17) is 4.74 Å². The average molecular weight is 265 g/mol. The van der Waals surface area contributed by atoms with Crippen LogP contribution in [-0.4, -0.2) is 12.6 Å². The number of para-hydroxylation sites is 1. The lowest BCUT2D eigenvalue weighted by molar-refractivity contribution is 0.286. The first-order chi connectivity index (χ1) is 9.31. The van der Waals surface area contributed by atoms with Gasteiger partial charge in [-0.05, 0) is 25.3 Å². The zero-order valence-electron chi connectivity index (χ0n) is 11.8. The molecule has 1 aromatic carbocycles. The van der Waals surface area contributed by atoms with Crippen LogP contribution in [0, 0.1) is 5.82 Å². The molecule has 3 heteroatoms. The number of benzene rings is 1. The zero-order chi connectivity index (χ0) is 13.5. The highest BCUT2D eigenvalue weighted by atomic mass is 19.1. The topological polar surface area (TPSA) is 21.3 Å². The van der Waals surface area contributed by atoms with Crippen LogP contribution in [0.15, 0.2) is 18.2 Å². The van der Waals surface area contributed by atoms with Crippen LogP contribution < -0.4 is 10.1 Å². The summed E-state index contributed by atoms with van der Waals surface area (Å²) in [6.45, 7) is 3.49. The van der Waals surface area contributed by atoms with Crippen LogP contribution in [0.1, 0.15) is 51.0 Å². The van der Waals surface area contributed by atoms with Crippen LogP contribution in [0.25, 0.3) is 0 Å². The fourth-order valence-corrected chi connectivity index (χ4v) is 2.10. The summed E-state index contributed by atoms with van der Waals surface area (Å²) in [6, 6.07) is 5.80. The van der Waals surface area contributed by atoms with E-state index in [1.807, 2.05) is 6.07 Å². The van der Waals surface area contributed by atoms with E-state index in [1.165, 1.54) is 31.7 Å². The molecular formula is C16H24FNO. The number of halogens is 1. The summed E-state index contributed by atoms with van der Waals surface area (Å²) in [5.41, 5.74) is 0.933. The molecule has 106 valence electrons. The molecule has 0 atom stereocenters. The number of nitrogens with one attached hydrogen (secondary N) is 1. The van der Waals surface area contributed by atoms with Gasteiger partial charge in [0.05, 0.1) is 6.61 Å². The molecule has 1 saturated carbocycles. The second-order valence-corrected chi connectivity index (χ2v) is 5.29. The fraction of sp³-hybridized carbons (Fsp3) is 0.625. The minimum Gasteiger partial charge on any atom is -0.490 e. The minimum atomic E-state index is -0.245. The van der Waals surface area contributed by atoms with Gasteiger partial charge in [0.15, 0.2) is 11.6 Å². The Morgan fingerprint density at radius 2 is 2.11 bits per heavy atom. The van der Waals surface area contributed by atoms with Crippen molar-refractivity contribution in [1.82, 2.24) is 5.32 Å². The Bertz CT molecular complexity index is 390. The van der Waals surface area contributed by atoms with Gasteiger partial charge in [-0.1, -0.05) is 38.3 Å². The van der Waals surface area contributed by atoms with Gasteiger partial charge in [0.2, 0.25) is 0 Å². The minimum absolute atomic E-state index is 0.245. The van der Waals surface area contributed by atoms with Crippen LogP contribution in [0.2, 0.25) is 0 Å². The molecule has 2 rings (SSSR count). The quantitative estimate of drug-likeness (QED) is 0.680. The summed E-state index contributed by atoms with van der Waals surface area (Å²) in [5.74, 6) is 0.192. The highest BCUT2D eigenvalue weighted by Crippen LogP contribution is 2.25. The van der Waals surface area contributed by atoms with Crippen molar-refractivity contribution >= 4 is 0 Å². The Morgan fingerprint density at radius 1 is 1.26 bits per heavy atom. The second-order valence-electron chi connectivity index (χ2n) is 5.29. The van der Waals surface area contributed by atoms with Crippen molar-refractivity contribution in [3.05, 3.63) is 29.6 Å². The lowest BCUT2D eigenvalue weighted by Crippen LogP contribution is -2.16. The van der Waals surface area contributed by atoms with Gasteiger partial charge in [-0.2, -0.15) is 0 Å². The summed E-state index contributed by atoms with van der Waals surface area (Å²) < 4.78 is 19.5. The molecule has 0 radical (unpaired) electrons. The van der Waals surface area contributed by atoms with E-state index in [-0.39, 0.29) is 5.82 Å². The predicted octanol–water partition coefficient (Wildman–Crippen LogP) is 4.04. The van der Waals surface area contributed by atoms with Crippen molar-refractivity contribution in [2.24, 2.45) is 0 Å². The number of ether oxygens (including phenoxy) is 1. The molecule has 1 aromatic rings. The monoisotopic (exact) mass is 265 g/mol. The lowest BCUT2D eigenvalue weighted by atomic mass is 10.2. The second kappa shape index (κ2) is 7.49. The first kappa shape index (κ1) is 14.3.